The third-order valence-corrected chi connectivity index (χ3v) is 8.90. The van der Waals surface area contributed by atoms with Crippen molar-refractivity contribution in [3.8, 4) is 11.5 Å². The van der Waals surface area contributed by atoms with Gasteiger partial charge in [-0.2, -0.15) is 0 Å². The maximum absolute atomic E-state index is 14.4. The first kappa shape index (κ1) is 30.1. The van der Waals surface area contributed by atoms with Gasteiger partial charge in [0.1, 0.15) is 17.3 Å². The molecular formula is C33H40ClFN4O3. The highest BCUT2D eigenvalue weighted by Crippen LogP contribution is 2.32. The van der Waals surface area contributed by atoms with E-state index in [1.54, 1.807) is 32.4 Å². The van der Waals surface area contributed by atoms with E-state index in [0.29, 0.717) is 41.3 Å². The fourth-order valence-electron chi connectivity index (χ4n) is 6.30. The molecule has 3 aromatic carbocycles. The molecule has 0 bridgehead atoms. The number of carbonyl (C=O) groups excluding carboxylic acids is 1. The molecule has 2 aliphatic rings. The largest absolute Gasteiger partial charge is 0.497 e. The lowest BCUT2D eigenvalue weighted by Crippen LogP contribution is -2.56. The van der Waals surface area contributed by atoms with E-state index in [1.807, 2.05) is 36.4 Å². The van der Waals surface area contributed by atoms with Crippen LogP contribution in [0.3, 0.4) is 0 Å². The zero-order valence-electron chi connectivity index (χ0n) is 24.4. The molecular weight excluding hydrogens is 555 g/mol. The van der Waals surface area contributed by atoms with Crippen molar-refractivity contribution >= 4 is 28.9 Å². The van der Waals surface area contributed by atoms with Gasteiger partial charge in [-0.1, -0.05) is 41.9 Å². The van der Waals surface area contributed by atoms with E-state index in [-0.39, 0.29) is 11.7 Å². The quantitative estimate of drug-likeness (QED) is 0.314. The first-order chi connectivity index (χ1) is 20.4. The summed E-state index contributed by atoms with van der Waals surface area (Å²) >= 11 is 6.49. The van der Waals surface area contributed by atoms with Gasteiger partial charge >= 0.3 is 0 Å². The molecule has 2 fully saturated rings. The predicted octanol–water partition coefficient (Wildman–Crippen LogP) is 5.93. The topological polar surface area (TPSA) is 57.3 Å². The molecule has 5 rings (SSSR count). The highest BCUT2D eigenvalue weighted by Gasteiger charge is 2.35. The molecule has 1 N–H and O–H groups in total. The van der Waals surface area contributed by atoms with E-state index < -0.39 is 0 Å². The van der Waals surface area contributed by atoms with Crippen molar-refractivity contribution < 1.29 is 18.7 Å². The molecule has 42 heavy (non-hydrogen) atoms. The fourth-order valence-corrected chi connectivity index (χ4v) is 6.50. The number of rotatable bonds is 10. The SMILES string of the molecule is COc1ccc(NC(=O)CC[C@H]2CN(Cc3ccccc3Cl)CC[C@H]2N2CCN(c3ccccc3F)CC2)c(OC)c1. The van der Waals surface area contributed by atoms with E-state index in [1.165, 1.54) is 6.07 Å². The number of piperazine rings is 1. The van der Waals surface area contributed by atoms with Crippen molar-refractivity contribution in [3.63, 3.8) is 0 Å². The molecule has 0 aromatic heterocycles. The van der Waals surface area contributed by atoms with E-state index in [0.717, 1.165) is 69.2 Å². The molecule has 0 radical (unpaired) electrons. The molecule has 0 unspecified atom stereocenters. The fraction of sp³-hybridized carbons (Fsp3) is 0.424. The van der Waals surface area contributed by atoms with Crippen LogP contribution in [0.1, 0.15) is 24.8 Å². The molecule has 2 heterocycles. The summed E-state index contributed by atoms with van der Waals surface area (Å²) in [5.41, 5.74) is 2.43. The number of nitrogens with zero attached hydrogens (tertiary/aromatic N) is 3. The summed E-state index contributed by atoms with van der Waals surface area (Å²) < 4.78 is 25.2. The highest BCUT2D eigenvalue weighted by atomic mass is 35.5. The molecule has 0 saturated carbocycles. The monoisotopic (exact) mass is 594 g/mol. The minimum Gasteiger partial charge on any atom is -0.497 e. The molecule has 2 atom stereocenters. The molecule has 7 nitrogen and oxygen atoms in total. The van der Waals surface area contributed by atoms with Crippen LogP contribution in [0.4, 0.5) is 15.8 Å². The number of piperidine rings is 1. The maximum Gasteiger partial charge on any atom is 0.224 e. The van der Waals surface area contributed by atoms with Crippen molar-refractivity contribution in [2.24, 2.45) is 5.92 Å². The number of nitrogens with one attached hydrogen (secondary N) is 1. The van der Waals surface area contributed by atoms with Crippen molar-refractivity contribution in [1.82, 2.24) is 9.80 Å². The summed E-state index contributed by atoms with van der Waals surface area (Å²) in [6.45, 7) is 5.96. The lowest BCUT2D eigenvalue weighted by atomic mass is 9.86. The van der Waals surface area contributed by atoms with Crippen molar-refractivity contribution in [1.29, 1.82) is 0 Å². The summed E-state index contributed by atoms with van der Waals surface area (Å²) in [6, 6.07) is 20.8. The average molecular weight is 595 g/mol. The van der Waals surface area contributed by atoms with Crippen LogP contribution in [-0.4, -0.2) is 75.2 Å². The second kappa shape index (κ2) is 14.2. The zero-order valence-corrected chi connectivity index (χ0v) is 25.2. The van der Waals surface area contributed by atoms with Crippen LogP contribution >= 0.6 is 11.6 Å². The van der Waals surface area contributed by atoms with E-state index >= 15 is 0 Å². The van der Waals surface area contributed by atoms with Gasteiger partial charge in [-0.25, -0.2) is 4.39 Å². The van der Waals surface area contributed by atoms with Gasteiger partial charge in [-0.3, -0.25) is 14.6 Å². The van der Waals surface area contributed by atoms with Gasteiger partial charge in [0.25, 0.3) is 0 Å². The number of likely N-dealkylation sites (tertiary alicyclic amines) is 1. The first-order valence-electron chi connectivity index (χ1n) is 14.7. The summed E-state index contributed by atoms with van der Waals surface area (Å²) in [7, 11) is 3.18. The molecule has 0 spiro atoms. The molecule has 0 aliphatic carbocycles. The van der Waals surface area contributed by atoms with E-state index in [2.05, 4.69) is 26.1 Å². The van der Waals surface area contributed by atoms with Crippen molar-refractivity contribution in [2.75, 3.05) is 63.7 Å². The lowest BCUT2D eigenvalue weighted by molar-refractivity contribution is -0.116. The van der Waals surface area contributed by atoms with Crippen molar-refractivity contribution in [2.45, 2.75) is 31.8 Å². The van der Waals surface area contributed by atoms with E-state index in [9.17, 15) is 9.18 Å². The highest BCUT2D eigenvalue weighted by molar-refractivity contribution is 6.31. The van der Waals surface area contributed by atoms with E-state index in [4.69, 9.17) is 21.1 Å². The number of benzene rings is 3. The third-order valence-electron chi connectivity index (χ3n) is 8.53. The van der Waals surface area contributed by atoms with Crippen LogP contribution in [0.15, 0.2) is 66.7 Å². The van der Waals surface area contributed by atoms with Gasteiger partial charge in [-0.15, -0.1) is 0 Å². The Kier molecular flexibility index (Phi) is 10.2. The predicted molar refractivity (Wildman–Crippen MR) is 166 cm³/mol. The molecule has 224 valence electrons. The summed E-state index contributed by atoms with van der Waals surface area (Å²) in [5.74, 6) is 1.34. The van der Waals surface area contributed by atoms with Crippen LogP contribution < -0.4 is 19.7 Å². The minimum absolute atomic E-state index is 0.0372. The summed E-state index contributed by atoms with van der Waals surface area (Å²) in [5, 5.41) is 3.81. The van der Waals surface area contributed by atoms with Crippen LogP contribution in [-0.2, 0) is 11.3 Å². The Morgan fingerprint density at radius 3 is 2.48 bits per heavy atom. The van der Waals surface area contributed by atoms with Gasteiger partial charge in [0.2, 0.25) is 5.91 Å². The summed E-state index contributed by atoms with van der Waals surface area (Å²) in [6.07, 6.45) is 2.19. The lowest BCUT2D eigenvalue weighted by Gasteiger charge is -2.47. The number of hydrogen-bond acceptors (Lipinski definition) is 6. The van der Waals surface area contributed by atoms with Gasteiger partial charge in [-0.05, 0) is 61.2 Å². The standard InChI is InChI=1S/C33H40ClFN4O3/c1-41-26-12-13-29(32(21-26)42-2)36-33(40)14-11-25-23-37(22-24-7-3-4-8-27(24)34)16-15-30(25)38-17-19-39(20-18-38)31-10-6-5-9-28(31)35/h3-10,12-13,21,25,30H,11,14-20,22-23H2,1-2H3,(H,36,40)/t25-,30+/m0/s1. The number of methoxy groups -OCH3 is 2. The molecule has 2 aliphatic heterocycles. The number of ether oxygens (including phenoxy) is 2. The Morgan fingerprint density at radius 2 is 1.74 bits per heavy atom. The van der Waals surface area contributed by atoms with Crippen LogP contribution in [0.5, 0.6) is 11.5 Å². The molecule has 9 heteroatoms. The second-order valence-electron chi connectivity index (χ2n) is 11.1. The Bertz CT molecular complexity index is 1350. The van der Waals surface area contributed by atoms with Gasteiger partial charge < -0.3 is 19.7 Å². The Balaban J connectivity index is 1.25. The minimum atomic E-state index is -0.170. The van der Waals surface area contributed by atoms with Crippen LogP contribution in [0.2, 0.25) is 5.02 Å². The number of halogens is 2. The first-order valence-corrected chi connectivity index (χ1v) is 15.0. The second-order valence-corrected chi connectivity index (χ2v) is 11.5. The number of amides is 1. The Labute approximate surface area is 253 Å². The normalized spacial score (nSPS) is 19.9. The van der Waals surface area contributed by atoms with Crippen LogP contribution in [0, 0.1) is 11.7 Å². The van der Waals surface area contributed by atoms with Crippen molar-refractivity contribution in [3.05, 3.63) is 83.1 Å². The van der Waals surface area contributed by atoms with Gasteiger partial charge in [0.05, 0.1) is 25.6 Å². The number of carbonyl (C=O) groups is 1. The zero-order chi connectivity index (χ0) is 29.5. The number of para-hydroxylation sites is 1. The Hall–Kier alpha value is -3.33. The number of anilines is 2. The average Bonchev–Trinajstić information content (AvgIpc) is 3.02. The Morgan fingerprint density at radius 1 is 0.976 bits per heavy atom. The maximum atomic E-state index is 14.4. The van der Waals surface area contributed by atoms with Gasteiger partial charge in [0.15, 0.2) is 0 Å². The summed E-state index contributed by atoms with van der Waals surface area (Å²) in [4.78, 5) is 20.3. The molecule has 3 aromatic rings. The number of hydrogen-bond donors (Lipinski definition) is 1. The third kappa shape index (κ3) is 7.35. The molecule has 2 saturated heterocycles. The smallest absolute Gasteiger partial charge is 0.224 e. The van der Waals surface area contributed by atoms with Crippen LogP contribution in [0.25, 0.3) is 0 Å². The van der Waals surface area contributed by atoms with Gasteiger partial charge in [0, 0.05) is 62.8 Å². The molecule has 1 amide bonds.